The van der Waals surface area contributed by atoms with Crippen LogP contribution in [-0.2, 0) is 83.4 Å². The number of benzene rings is 2. The van der Waals surface area contributed by atoms with Crippen LogP contribution in [0.2, 0.25) is 0 Å². The van der Waals surface area contributed by atoms with Crippen molar-refractivity contribution >= 4 is 35.8 Å². The van der Waals surface area contributed by atoms with Crippen molar-refractivity contribution in [2.45, 2.75) is 187 Å². The highest BCUT2D eigenvalue weighted by atomic mass is 16.6. The Bertz CT molecular complexity index is 2520. The van der Waals surface area contributed by atoms with Crippen LogP contribution >= 0.6 is 0 Å². The predicted molar refractivity (Wildman–Crippen MR) is 321 cm³/mol. The molecule has 0 aromatic heterocycles. The molecule has 0 saturated heterocycles. The van der Waals surface area contributed by atoms with Crippen LogP contribution in [0.25, 0.3) is 0 Å². The SMILES string of the molecule is CCOC(=O)CN1CC2=CC=CC(C=C2)N(CC(=O)OCC)[C@@H]2CCCC[C@H]2N(CC(=O)OCC)Cc2ccc(cc2)CN(CC(=O)OCC)[C@@H]2CCCC[C@H]2N(CC(=O)OCC)Cc2ccc(cc2)CN(CC(=O)OCC)[C@@H]2CCCC[C@H]21. The number of esters is 6. The first-order valence-electron chi connectivity index (χ1n) is 31.4. The summed E-state index contributed by atoms with van der Waals surface area (Å²) >= 11 is 0. The molecule has 0 spiro atoms. The van der Waals surface area contributed by atoms with Crippen molar-refractivity contribution in [3.63, 3.8) is 0 Å². The predicted octanol–water partition coefficient (Wildman–Crippen LogP) is 7.95. The molecular weight excluding hydrogens is 1070 g/mol. The van der Waals surface area contributed by atoms with Gasteiger partial charge in [0.25, 0.3) is 0 Å². The lowest BCUT2D eigenvalue weighted by Crippen LogP contribution is -2.57. The van der Waals surface area contributed by atoms with Crippen molar-refractivity contribution in [1.82, 2.24) is 29.4 Å². The highest BCUT2D eigenvalue weighted by Crippen LogP contribution is 2.35. The van der Waals surface area contributed by atoms with Crippen LogP contribution in [0.4, 0.5) is 0 Å². The molecule has 7 aliphatic rings. The first-order valence-corrected chi connectivity index (χ1v) is 31.4. The summed E-state index contributed by atoms with van der Waals surface area (Å²) in [7, 11) is 0. The largest absolute Gasteiger partial charge is 0.465 e. The monoisotopic (exact) mass is 1160 g/mol. The van der Waals surface area contributed by atoms with Gasteiger partial charge in [0, 0.05) is 75.0 Å². The minimum absolute atomic E-state index is 0.0358. The van der Waals surface area contributed by atoms with Gasteiger partial charge in [0.2, 0.25) is 0 Å². The van der Waals surface area contributed by atoms with Gasteiger partial charge in [-0.05, 0) is 108 Å². The average Bonchev–Trinajstić information content (AvgIpc) is 3.48. The Labute approximate surface area is 499 Å². The second kappa shape index (κ2) is 34.4. The fourth-order valence-electron chi connectivity index (χ4n) is 13.5. The number of allylic oxidation sites excluding steroid dienone is 2. The molecule has 2 aromatic carbocycles. The topological polar surface area (TPSA) is 177 Å². The Morgan fingerprint density at radius 3 is 0.917 bits per heavy atom. The van der Waals surface area contributed by atoms with Gasteiger partial charge in [-0.3, -0.25) is 58.2 Å². The molecule has 462 valence electrons. The quantitative estimate of drug-likeness (QED) is 0.104. The molecule has 18 heteroatoms. The van der Waals surface area contributed by atoms with E-state index in [1.807, 2.05) is 47.6 Å². The lowest BCUT2D eigenvalue weighted by atomic mass is 9.86. The fraction of sp³-hybridized carbons (Fsp3) is 0.636. The highest BCUT2D eigenvalue weighted by Gasteiger charge is 2.41. The molecule has 18 nitrogen and oxygen atoms in total. The van der Waals surface area contributed by atoms with Crippen LogP contribution in [0.15, 0.2) is 84.5 Å². The van der Waals surface area contributed by atoms with Gasteiger partial charge in [0.15, 0.2) is 0 Å². The van der Waals surface area contributed by atoms with E-state index < -0.39 is 0 Å². The first kappa shape index (κ1) is 65.8. The van der Waals surface area contributed by atoms with Gasteiger partial charge >= 0.3 is 35.8 Å². The van der Waals surface area contributed by atoms with E-state index in [0.717, 1.165) is 105 Å². The maximum Gasteiger partial charge on any atom is 0.320 e. The summed E-state index contributed by atoms with van der Waals surface area (Å²) in [6.45, 7) is 15.0. The minimum Gasteiger partial charge on any atom is -0.465 e. The summed E-state index contributed by atoms with van der Waals surface area (Å²) in [5.74, 6) is -1.90. The van der Waals surface area contributed by atoms with Gasteiger partial charge in [0.05, 0.1) is 78.9 Å². The van der Waals surface area contributed by atoms with E-state index in [0.29, 0.717) is 32.7 Å². The van der Waals surface area contributed by atoms with Crippen molar-refractivity contribution in [3.05, 3.63) is 107 Å². The smallest absolute Gasteiger partial charge is 0.320 e. The lowest BCUT2D eigenvalue weighted by molar-refractivity contribution is -0.149. The van der Waals surface area contributed by atoms with Gasteiger partial charge in [0.1, 0.15) is 0 Å². The summed E-state index contributed by atoms with van der Waals surface area (Å²) < 4.78 is 33.8. The van der Waals surface area contributed by atoms with Gasteiger partial charge < -0.3 is 28.4 Å². The molecule has 2 aromatic rings. The zero-order valence-electron chi connectivity index (χ0n) is 51.1. The molecule has 3 heterocycles. The highest BCUT2D eigenvalue weighted by molar-refractivity contribution is 5.74. The van der Waals surface area contributed by atoms with Gasteiger partial charge in [-0.1, -0.05) is 117 Å². The molecule has 1 unspecified atom stereocenters. The third-order valence-corrected chi connectivity index (χ3v) is 17.1. The number of hydrogen-bond donors (Lipinski definition) is 0. The molecule has 0 N–H and O–H groups in total. The Morgan fingerprint density at radius 1 is 0.357 bits per heavy atom. The van der Waals surface area contributed by atoms with Crippen molar-refractivity contribution in [2.24, 2.45) is 0 Å². The van der Waals surface area contributed by atoms with E-state index in [1.165, 1.54) is 0 Å². The maximum absolute atomic E-state index is 13.8. The normalized spacial score (nSPS) is 24.6. The van der Waals surface area contributed by atoms with Crippen LogP contribution < -0.4 is 0 Å². The maximum atomic E-state index is 13.8. The van der Waals surface area contributed by atoms with Crippen molar-refractivity contribution < 1.29 is 57.2 Å². The number of ether oxygens (including phenoxy) is 6. The number of rotatable bonds is 18. The zero-order chi connectivity index (χ0) is 59.8. The van der Waals surface area contributed by atoms with Crippen LogP contribution in [0.1, 0.15) is 141 Å². The first-order chi connectivity index (χ1) is 40.8. The van der Waals surface area contributed by atoms with E-state index in [2.05, 4.69) is 102 Å². The molecule has 9 rings (SSSR count). The van der Waals surface area contributed by atoms with Gasteiger partial charge in [-0.25, -0.2) is 0 Å². The summed E-state index contributed by atoms with van der Waals surface area (Å²) in [4.78, 5) is 95.3. The van der Waals surface area contributed by atoms with Crippen LogP contribution in [0.3, 0.4) is 0 Å². The molecule has 0 radical (unpaired) electrons. The summed E-state index contributed by atoms with van der Waals surface area (Å²) in [5, 5.41) is 0. The molecule has 3 aliphatic heterocycles. The molecule has 7 atom stereocenters. The number of nitrogens with zero attached hydrogens (tertiary/aromatic N) is 6. The standard InChI is InChI=1S/C66H96N6O12/c1-7-79-61(73)43-67-38-49-20-19-21-54(37-36-49)72(48-66(78)84-12-6)60-27-18-17-26-59(60)71(47-65(77)83-11-5)42-53-34-32-52(33-35-53)41-70(46-64(76)82-10-4)58-25-16-15-24-57(58)69(45-63(75)81-9-3)40-51-30-28-50(29-31-51)39-68(44-62(74)80-8-2)56-23-14-13-22-55(56)67/h19-21,28-37,54-60H,7-18,22-27,38-48H2,1-6H3/t54?,55-,56-,57-,58-,59-,60-/m1/s1. The molecule has 6 bridgehead atoms. The average molecular weight is 1170 g/mol. The second-order valence-corrected chi connectivity index (χ2v) is 22.9. The number of hydrogen-bond acceptors (Lipinski definition) is 18. The number of fused-ring (bicyclic) bond motifs is 2. The minimum atomic E-state index is -0.328. The van der Waals surface area contributed by atoms with Crippen molar-refractivity contribution in [3.8, 4) is 0 Å². The van der Waals surface area contributed by atoms with E-state index >= 15 is 0 Å². The Balaban J connectivity index is 1.34. The number of carbonyl (C=O) groups is 6. The molecule has 4 aliphatic carbocycles. The zero-order valence-corrected chi connectivity index (χ0v) is 51.1. The lowest BCUT2D eigenvalue weighted by Gasteiger charge is -2.46. The Hall–Kier alpha value is -5.76. The van der Waals surface area contributed by atoms with Crippen molar-refractivity contribution in [1.29, 1.82) is 0 Å². The summed E-state index contributed by atoms with van der Waals surface area (Å²) in [5.41, 5.74) is 5.01. The third-order valence-electron chi connectivity index (χ3n) is 17.1. The Kier molecular flexibility index (Phi) is 26.9. The fourth-order valence-corrected chi connectivity index (χ4v) is 13.5. The third kappa shape index (κ3) is 19.6. The summed E-state index contributed by atoms with van der Waals surface area (Å²) in [6.07, 6.45) is 21.1. The van der Waals surface area contributed by atoms with E-state index in [4.69, 9.17) is 28.4 Å². The second-order valence-electron chi connectivity index (χ2n) is 22.9. The Morgan fingerprint density at radius 2 is 0.619 bits per heavy atom. The van der Waals surface area contributed by atoms with Crippen LogP contribution in [0, 0.1) is 0 Å². The van der Waals surface area contributed by atoms with Gasteiger partial charge in [-0.2, -0.15) is 0 Å². The number of carbonyl (C=O) groups excluding carboxylic acids is 6. The van der Waals surface area contributed by atoms with E-state index in [-0.39, 0.29) is 157 Å². The van der Waals surface area contributed by atoms with Crippen LogP contribution in [0.5, 0.6) is 0 Å². The molecule has 3 saturated carbocycles. The molecule has 0 amide bonds. The van der Waals surface area contributed by atoms with Crippen molar-refractivity contribution in [2.75, 3.05) is 85.5 Å². The molecule has 84 heavy (non-hydrogen) atoms. The van der Waals surface area contributed by atoms with Crippen LogP contribution in [-0.4, -0.2) is 193 Å². The molecular formula is C66H96N6O12. The van der Waals surface area contributed by atoms with E-state index in [1.54, 1.807) is 0 Å². The van der Waals surface area contributed by atoms with Gasteiger partial charge in [-0.15, -0.1) is 0 Å². The van der Waals surface area contributed by atoms with E-state index in [9.17, 15) is 28.8 Å². The summed E-state index contributed by atoms with van der Waals surface area (Å²) in [6, 6.07) is 15.8. The molecule has 3 fully saturated rings.